The molecule has 3 rings (SSSR count). The standard InChI is InChI=1S/C19H15NO4S/c1-2-25-19-16(18(21)14-6-4-3-5-7-14)12-17(24-19)13-8-10-15(11-9-13)20(22)23/h3-12H,2H2,1H3. The second-order valence-corrected chi connectivity index (χ2v) is 6.48. The van der Waals surface area contributed by atoms with Crippen molar-refractivity contribution in [3.05, 3.63) is 81.9 Å². The lowest BCUT2D eigenvalue weighted by atomic mass is 10.0. The van der Waals surface area contributed by atoms with Crippen LogP contribution < -0.4 is 0 Å². The number of nitro benzene ring substituents is 1. The number of nitrogens with zero attached hydrogens (tertiary/aromatic N) is 1. The molecule has 0 saturated carbocycles. The van der Waals surface area contributed by atoms with Crippen molar-refractivity contribution < 1.29 is 14.1 Å². The van der Waals surface area contributed by atoms with E-state index in [2.05, 4.69) is 0 Å². The largest absolute Gasteiger partial charge is 0.449 e. The van der Waals surface area contributed by atoms with Gasteiger partial charge in [-0.1, -0.05) is 49.0 Å². The summed E-state index contributed by atoms with van der Waals surface area (Å²) >= 11 is 1.45. The molecular weight excluding hydrogens is 338 g/mol. The number of ketones is 1. The molecule has 0 bridgehead atoms. The molecule has 126 valence electrons. The van der Waals surface area contributed by atoms with Crippen LogP contribution in [0.2, 0.25) is 0 Å². The van der Waals surface area contributed by atoms with E-state index in [1.54, 1.807) is 30.3 Å². The molecule has 2 aromatic carbocycles. The van der Waals surface area contributed by atoms with Gasteiger partial charge in [-0.3, -0.25) is 14.9 Å². The van der Waals surface area contributed by atoms with Crippen LogP contribution in [-0.2, 0) is 0 Å². The molecule has 0 radical (unpaired) electrons. The highest BCUT2D eigenvalue weighted by atomic mass is 32.2. The molecule has 5 nitrogen and oxygen atoms in total. The van der Waals surface area contributed by atoms with E-state index in [1.807, 2.05) is 25.1 Å². The predicted molar refractivity (Wildman–Crippen MR) is 97.1 cm³/mol. The van der Waals surface area contributed by atoms with Crippen LogP contribution >= 0.6 is 11.8 Å². The zero-order valence-corrected chi connectivity index (χ0v) is 14.3. The summed E-state index contributed by atoms with van der Waals surface area (Å²) in [5, 5.41) is 11.3. The van der Waals surface area contributed by atoms with Crippen LogP contribution in [0.1, 0.15) is 22.8 Å². The van der Waals surface area contributed by atoms with Gasteiger partial charge in [-0.15, -0.1) is 0 Å². The van der Waals surface area contributed by atoms with Gasteiger partial charge in [0, 0.05) is 23.3 Å². The van der Waals surface area contributed by atoms with E-state index in [0.717, 1.165) is 5.75 Å². The minimum atomic E-state index is -0.450. The summed E-state index contributed by atoms with van der Waals surface area (Å²) in [4.78, 5) is 23.1. The Hall–Kier alpha value is -2.86. The van der Waals surface area contributed by atoms with Crippen molar-refractivity contribution in [1.29, 1.82) is 0 Å². The lowest BCUT2D eigenvalue weighted by molar-refractivity contribution is -0.384. The SMILES string of the molecule is CCSc1oc(-c2ccc([N+](=O)[O-])cc2)cc1C(=O)c1ccccc1. The number of carbonyl (C=O) groups is 1. The highest BCUT2D eigenvalue weighted by Crippen LogP contribution is 2.34. The molecule has 0 aliphatic carbocycles. The van der Waals surface area contributed by atoms with Gasteiger partial charge in [-0.2, -0.15) is 0 Å². The van der Waals surface area contributed by atoms with Gasteiger partial charge in [-0.25, -0.2) is 0 Å². The number of furan rings is 1. The molecule has 0 amide bonds. The summed E-state index contributed by atoms with van der Waals surface area (Å²) in [7, 11) is 0. The molecular formula is C19H15NO4S. The number of nitro groups is 1. The van der Waals surface area contributed by atoms with Crippen LogP contribution in [0.3, 0.4) is 0 Å². The van der Waals surface area contributed by atoms with E-state index in [4.69, 9.17) is 4.42 Å². The fourth-order valence-corrected chi connectivity index (χ4v) is 3.12. The van der Waals surface area contributed by atoms with E-state index < -0.39 is 4.92 Å². The number of carbonyl (C=O) groups excluding carboxylic acids is 1. The van der Waals surface area contributed by atoms with E-state index in [1.165, 1.54) is 23.9 Å². The summed E-state index contributed by atoms with van der Waals surface area (Å²) < 4.78 is 5.86. The Morgan fingerprint density at radius 2 is 1.80 bits per heavy atom. The number of thioether (sulfide) groups is 1. The van der Waals surface area contributed by atoms with Gasteiger partial charge < -0.3 is 4.42 Å². The Morgan fingerprint density at radius 1 is 1.12 bits per heavy atom. The van der Waals surface area contributed by atoms with Crippen LogP contribution in [0.25, 0.3) is 11.3 Å². The Kier molecular flexibility index (Phi) is 5.00. The predicted octanol–water partition coefficient (Wildman–Crippen LogP) is 5.20. The fraction of sp³-hybridized carbons (Fsp3) is 0.105. The van der Waals surface area contributed by atoms with Crippen molar-refractivity contribution in [2.75, 3.05) is 5.75 Å². The maximum absolute atomic E-state index is 12.8. The lowest BCUT2D eigenvalue weighted by Crippen LogP contribution is -2.00. The van der Waals surface area contributed by atoms with Crippen LogP contribution in [0.15, 0.2) is 70.2 Å². The highest BCUT2D eigenvalue weighted by molar-refractivity contribution is 7.99. The Labute approximate surface area is 148 Å². The van der Waals surface area contributed by atoms with Gasteiger partial charge in [0.25, 0.3) is 5.69 Å². The van der Waals surface area contributed by atoms with Crippen LogP contribution in [0.4, 0.5) is 5.69 Å². The third-order valence-corrected chi connectivity index (χ3v) is 4.47. The van der Waals surface area contributed by atoms with E-state index in [-0.39, 0.29) is 11.5 Å². The van der Waals surface area contributed by atoms with E-state index in [9.17, 15) is 14.9 Å². The van der Waals surface area contributed by atoms with E-state index >= 15 is 0 Å². The number of non-ortho nitro benzene ring substituents is 1. The van der Waals surface area contributed by atoms with E-state index in [0.29, 0.717) is 27.5 Å². The monoisotopic (exact) mass is 353 g/mol. The molecule has 25 heavy (non-hydrogen) atoms. The molecule has 1 heterocycles. The second kappa shape index (κ2) is 7.36. The minimum Gasteiger partial charge on any atom is -0.449 e. The average Bonchev–Trinajstić information content (AvgIpc) is 3.06. The van der Waals surface area contributed by atoms with Gasteiger partial charge in [-0.05, 0) is 24.0 Å². The molecule has 0 saturated heterocycles. The lowest BCUT2D eigenvalue weighted by Gasteiger charge is -2.00. The summed E-state index contributed by atoms with van der Waals surface area (Å²) in [6.45, 7) is 1.98. The topological polar surface area (TPSA) is 73.3 Å². The molecule has 0 atom stereocenters. The van der Waals surface area contributed by atoms with Crippen LogP contribution in [0.5, 0.6) is 0 Å². The first-order chi connectivity index (χ1) is 12.1. The fourth-order valence-electron chi connectivity index (χ4n) is 2.41. The second-order valence-electron chi connectivity index (χ2n) is 5.24. The maximum Gasteiger partial charge on any atom is 0.269 e. The third kappa shape index (κ3) is 3.64. The summed E-state index contributed by atoms with van der Waals surface area (Å²) in [6.07, 6.45) is 0. The van der Waals surface area contributed by atoms with Crippen molar-refractivity contribution in [3.63, 3.8) is 0 Å². The Morgan fingerprint density at radius 3 is 2.40 bits per heavy atom. The first kappa shape index (κ1) is 17.0. The molecule has 0 aliphatic heterocycles. The molecule has 3 aromatic rings. The average molecular weight is 353 g/mol. The first-order valence-electron chi connectivity index (χ1n) is 7.71. The Bertz CT molecular complexity index is 901. The molecule has 6 heteroatoms. The number of hydrogen-bond donors (Lipinski definition) is 0. The minimum absolute atomic E-state index is 0.0130. The molecule has 0 aliphatic rings. The number of benzene rings is 2. The molecule has 0 unspecified atom stereocenters. The van der Waals surface area contributed by atoms with Crippen molar-refractivity contribution >= 4 is 23.2 Å². The summed E-state index contributed by atoms with van der Waals surface area (Å²) in [6, 6.07) is 16.8. The smallest absolute Gasteiger partial charge is 0.269 e. The van der Waals surface area contributed by atoms with Crippen molar-refractivity contribution in [3.8, 4) is 11.3 Å². The van der Waals surface area contributed by atoms with Gasteiger partial charge >= 0.3 is 0 Å². The van der Waals surface area contributed by atoms with Gasteiger partial charge in [0.1, 0.15) is 5.76 Å². The molecule has 0 spiro atoms. The van der Waals surface area contributed by atoms with Crippen molar-refractivity contribution in [1.82, 2.24) is 0 Å². The third-order valence-electron chi connectivity index (χ3n) is 3.62. The number of hydrogen-bond acceptors (Lipinski definition) is 5. The summed E-state index contributed by atoms with van der Waals surface area (Å²) in [5.74, 6) is 1.18. The van der Waals surface area contributed by atoms with Gasteiger partial charge in [0.15, 0.2) is 10.9 Å². The van der Waals surface area contributed by atoms with Crippen molar-refractivity contribution in [2.45, 2.75) is 12.0 Å². The zero-order chi connectivity index (χ0) is 17.8. The highest BCUT2D eigenvalue weighted by Gasteiger charge is 2.20. The first-order valence-corrected chi connectivity index (χ1v) is 8.70. The normalized spacial score (nSPS) is 10.6. The van der Waals surface area contributed by atoms with Gasteiger partial charge in [0.2, 0.25) is 0 Å². The molecule has 0 fully saturated rings. The molecule has 1 aromatic heterocycles. The van der Waals surface area contributed by atoms with Crippen LogP contribution in [0, 0.1) is 10.1 Å². The Balaban J connectivity index is 1.99. The molecule has 0 N–H and O–H groups in total. The summed E-state index contributed by atoms with van der Waals surface area (Å²) in [5.41, 5.74) is 1.80. The van der Waals surface area contributed by atoms with Gasteiger partial charge in [0.05, 0.1) is 10.5 Å². The maximum atomic E-state index is 12.8. The quantitative estimate of drug-likeness (QED) is 0.264. The van der Waals surface area contributed by atoms with Crippen LogP contribution in [-0.4, -0.2) is 16.5 Å². The zero-order valence-electron chi connectivity index (χ0n) is 13.5. The number of rotatable bonds is 6. The van der Waals surface area contributed by atoms with Crippen molar-refractivity contribution in [2.24, 2.45) is 0 Å².